The highest BCUT2D eigenvalue weighted by Gasteiger charge is 2.31. The second-order valence-electron chi connectivity index (χ2n) is 6.22. The molecule has 3 aromatic rings. The smallest absolute Gasteiger partial charge is 0.416 e. The molecule has 0 spiro atoms. The number of rotatable bonds is 3. The average molecular weight is 425 g/mol. The number of alkyl halides is 6. The molecule has 0 radical (unpaired) electrons. The van der Waals surface area contributed by atoms with Gasteiger partial charge in [-0.3, -0.25) is 4.98 Å². The zero-order valence-corrected chi connectivity index (χ0v) is 15.3. The van der Waals surface area contributed by atoms with E-state index >= 15 is 0 Å². The van der Waals surface area contributed by atoms with E-state index in [1.54, 1.807) is 0 Å². The van der Waals surface area contributed by atoms with Gasteiger partial charge in [0.25, 0.3) is 0 Å². The maximum absolute atomic E-state index is 12.9. The fraction of sp³-hybridized carbons (Fsp3) is 0.143. The molecule has 0 aliphatic carbocycles. The van der Waals surface area contributed by atoms with E-state index in [1.807, 2.05) is 0 Å². The Labute approximate surface area is 166 Å². The molecule has 1 heterocycles. The molecule has 156 valence electrons. The highest BCUT2D eigenvalue weighted by molar-refractivity contribution is 6.01. The van der Waals surface area contributed by atoms with Crippen molar-refractivity contribution in [1.29, 1.82) is 0 Å². The topological polar surface area (TPSA) is 39.2 Å². The van der Waals surface area contributed by atoms with Crippen LogP contribution in [0.3, 0.4) is 0 Å². The highest BCUT2D eigenvalue weighted by atomic mass is 19.4. The maximum atomic E-state index is 12.9. The van der Waals surface area contributed by atoms with Crippen molar-refractivity contribution in [2.24, 2.45) is 0 Å². The lowest BCUT2D eigenvalue weighted by molar-refractivity contribution is -0.138. The summed E-state index contributed by atoms with van der Waals surface area (Å²) in [6.07, 6.45) is -7.81. The molecule has 0 saturated heterocycles. The Morgan fingerprint density at radius 1 is 0.767 bits per heavy atom. The molecular weight excluding hydrogens is 412 g/mol. The van der Waals surface area contributed by atoms with Crippen molar-refractivity contribution in [2.45, 2.75) is 12.4 Å². The number of halogens is 6. The molecule has 0 saturated carbocycles. The van der Waals surface area contributed by atoms with Crippen LogP contribution in [0.2, 0.25) is 0 Å². The Hall–Kier alpha value is -3.36. The summed E-state index contributed by atoms with van der Waals surface area (Å²) in [5.41, 5.74) is -0.973. The summed E-state index contributed by atoms with van der Waals surface area (Å²) in [4.78, 5) is 16.4. The van der Waals surface area contributed by atoms with Crippen LogP contribution in [0.25, 0.3) is 22.4 Å². The van der Waals surface area contributed by atoms with Crippen molar-refractivity contribution >= 4 is 5.97 Å². The van der Waals surface area contributed by atoms with Crippen LogP contribution in [0.15, 0.2) is 60.8 Å². The highest BCUT2D eigenvalue weighted by Crippen LogP contribution is 2.37. The van der Waals surface area contributed by atoms with Crippen molar-refractivity contribution in [3.8, 4) is 22.4 Å². The van der Waals surface area contributed by atoms with Gasteiger partial charge in [0.05, 0.1) is 29.5 Å². The molecule has 0 bridgehead atoms. The van der Waals surface area contributed by atoms with Gasteiger partial charge in [0.15, 0.2) is 0 Å². The molecule has 30 heavy (non-hydrogen) atoms. The van der Waals surface area contributed by atoms with E-state index in [0.29, 0.717) is 0 Å². The Morgan fingerprint density at radius 3 is 1.67 bits per heavy atom. The second-order valence-corrected chi connectivity index (χ2v) is 6.22. The Morgan fingerprint density at radius 2 is 1.23 bits per heavy atom. The predicted octanol–water partition coefficient (Wildman–Crippen LogP) is 6.24. The van der Waals surface area contributed by atoms with Crippen molar-refractivity contribution in [3.05, 3.63) is 77.5 Å². The second kappa shape index (κ2) is 7.81. The zero-order chi connectivity index (χ0) is 22.1. The SMILES string of the molecule is COC(=O)c1ccnc(-c2ccc(C(F)(F)F)cc2)c1-c1ccc(C(F)(F)F)cc1. The van der Waals surface area contributed by atoms with Gasteiger partial charge < -0.3 is 4.74 Å². The summed E-state index contributed by atoms with van der Waals surface area (Å²) in [6, 6.07) is 9.43. The molecule has 0 aliphatic heterocycles. The lowest BCUT2D eigenvalue weighted by Crippen LogP contribution is -2.07. The van der Waals surface area contributed by atoms with E-state index < -0.39 is 29.4 Å². The number of nitrogens with zero attached hydrogens (tertiary/aromatic N) is 1. The van der Waals surface area contributed by atoms with Gasteiger partial charge in [0.1, 0.15) is 0 Å². The molecule has 0 atom stereocenters. The van der Waals surface area contributed by atoms with Crippen molar-refractivity contribution in [1.82, 2.24) is 4.98 Å². The van der Waals surface area contributed by atoms with Crippen LogP contribution in [0.1, 0.15) is 21.5 Å². The molecule has 3 rings (SSSR count). The Balaban J connectivity index is 2.19. The number of hydrogen-bond acceptors (Lipinski definition) is 3. The van der Waals surface area contributed by atoms with Crippen LogP contribution in [-0.4, -0.2) is 18.1 Å². The minimum absolute atomic E-state index is 0.0159. The molecule has 0 fully saturated rings. The number of carbonyl (C=O) groups excluding carboxylic acids is 1. The van der Waals surface area contributed by atoms with Crippen molar-refractivity contribution in [3.63, 3.8) is 0 Å². The van der Waals surface area contributed by atoms with Crippen LogP contribution in [-0.2, 0) is 17.1 Å². The minimum Gasteiger partial charge on any atom is -0.465 e. The van der Waals surface area contributed by atoms with E-state index in [-0.39, 0.29) is 27.9 Å². The molecular formula is C21H13F6NO2. The summed E-state index contributed by atoms with van der Waals surface area (Å²) in [6.45, 7) is 0. The van der Waals surface area contributed by atoms with Gasteiger partial charge in [0.2, 0.25) is 0 Å². The first kappa shape index (κ1) is 21.4. The summed E-state index contributed by atoms with van der Waals surface area (Å²) < 4.78 is 81.9. The number of hydrogen-bond donors (Lipinski definition) is 0. The first-order valence-electron chi connectivity index (χ1n) is 8.45. The average Bonchev–Trinajstić information content (AvgIpc) is 2.71. The molecule has 0 aliphatic rings. The number of carbonyl (C=O) groups is 1. The van der Waals surface area contributed by atoms with Crippen LogP contribution < -0.4 is 0 Å². The number of methoxy groups -OCH3 is 1. The first-order valence-corrected chi connectivity index (χ1v) is 8.45. The number of pyridine rings is 1. The van der Waals surface area contributed by atoms with E-state index in [4.69, 9.17) is 4.74 Å². The third-order valence-corrected chi connectivity index (χ3v) is 4.34. The van der Waals surface area contributed by atoms with Crippen molar-refractivity contribution in [2.75, 3.05) is 7.11 Å². The lowest BCUT2D eigenvalue weighted by atomic mass is 9.93. The molecule has 3 nitrogen and oxygen atoms in total. The largest absolute Gasteiger partial charge is 0.465 e. The van der Waals surface area contributed by atoms with Gasteiger partial charge in [-0.25, -0.2) is 4.79 Å². The van der Waals surface area contributed by atoms with Crippen molar-refractivity contribution < 1.29 is 35.9 Å². The maximum Gasteiger partial charge on any atom is 0.416 e. The van der Waals surface area contributed by atoms with Gasteiger partial charge in [0, 0.05) is 17.3 Å². The van der Waals surface area contributed by atoms with E-state index in [9.17, 15) is 31.1 Å². The van der Waals surface area contributed by atoms with E-state index in [1.165, 1.54) is 36.5 Å². The predicted molar refractivity (Wildman–Crippen MR) is 96.5 cm³/mol. The third kappa shape index (κ3) is 4.29. The van der Waals surface area contributed by atoms with E-state index in [2.05, 4.69) is 4.98 Å². The monoisotopic (exact) mass is 425 g/mol. The molecule has 2 aromatic carbocycles. The van der Waals surface area contributed by atoms with Crippen LogP contribution in [0.4, 0.5) is 26.3 Å². The zero-order valence-electron chi connectivity index (χ0n) is 15.3. The summed E-state index contributed by atoms with van der Waals surface area (Å²) >= 11 is 0. The molecule has 0 unspecified atom stereocenters. The molecule has 0 amide bonds. The van der Waals surface area contributed by atoms with Gasteiger partial charge in [-0.05, 0) is 35.9 Å². The lowest BCUT2D eigenvalue weighted by Gasteiger charge is -2.15. The van der Waals surface area contributed by atoms with Gasteiger partial charge in [-0.1, -0.05) is 24.3 Å². The summed E-state index contributed by atoms with van der Waals surface area (Å²) in [5, 5.41) is 0. The Bertz CT molecular complexity index is 1050. The van der Waals surface area contributed by atoms with Gasteiger partial charge >= 0.3 is 18.3 Å². The minimum atomic E-state index is -4.55. The standard InChI is InChI=1S/C21H13F6NO2/c1-30-19(29)16-10-11-28-18(13-4-8-15(9-5-13)21(25,26)27)17(16)12-2-6-14(7-3-12)20(22,23)24/h2-11H,1H3. The molecule has 1 aromatic heterocycles. The third-order valence-electron chi connectivity index (χ3n) is 4.34. The summed E-state index contributed by atoms with van der Waals surface area (Å²) in [7, 11) is 1.14. The van der Waals surface area contributed by atoms with Gasteiger partial charge in [-0.2, -0.15) is 26.3 Å². The number of esters is 1. The first-order chi connectivity index (χ1) is 14.0. The summed E-state index contributed by atoms with van der Waals surface area (Å²) in [5.74, 6) is -0.763. The van der Waals surface area contributed by atoms with Gasteiger partial charge in [-0.15, -0.1) is 0 Å². The quantitative estimate of drug-likeness (QED) is 0.368. The van der Waals surface area contributed by atoms with Crippen LogP contribution in [0.5, 0.6) is 0 Å². The normalized spacial score (nSPS) is 12.0. The van der Waals surface area contributed by atoms with E-state index in [0.717, 1.165) is 31.4 Å². The fourth-order valence-corrected chi connectivity index (χ4v) is 2.90. The Kier molecular flexibility index (Phi) is 5.56. The van der Waals surface area contributed by atoms with Crippen LogP contribution in [0, 0.1) is 0 Å². The number of ether oxygens (including phenoxy) is 1. The number of benzene rings is 2. The number of aromatic nitrogens is 1. The molecule has 0 N–H and O–H groups in total. The molecule has 9 heteroatoms. The van der Waals surface area contributed by atoms with Crippen LogP contribution >= 0.6 is 0 Å². The fourth-order valence-electron chi connectivity index (χ4n) is 2.90.